The predicted octanol–water partition coefficient (Wildman–Crippen LogP) is 4.58. The Labute approximate surface area is 131 Å². The van der Waals surface area contributed by atoms with Crippen LogP contribution in [0.5, 0.6) is 0 Å². The Morgan fingerprint density at radius 3 is 2.82 bits per heavy atom. The van der Waals surface area contributed by atoms with E-state index in [0.29, 0.717) is 0 Å². The molecule has 0 saturated heterocycles. The number of H-pyrrole nitrogens is 1. The number of carboxylic acids is 1. The fraction of sp³-hybridized carbons (Fsp3) is 0.526. The molecule has 118 valence electrons. The molecule has 0 unspecified atom stereocenters. The lowest BCUT2D eigenvalue weighted by atomic mass is 9.74. The van der Waals surface area contributed by atoms with E-state index in [4.69, 9.17) is 0 Å². The van der Waals surface area contributed by atoms with Crippen molar-refractivity contribution < 1.29 is 9.90 Å². The van der Waals surface area contributed by atoms with Crippen LogP contribution in [0.4, 0.5) is 0 Å². The second-order valence-corrected chi connectivity index (χ2v) is 6.58. The summed E-state index contributed by atoms with van der Waals surface area (Å²) in [5.74, 6) is -0.691. The van der Waals surface area contributed by atoms with Gasteiger partial charge in [-0.1, -0.05) is 38.5 Å². The van der Waals surface area contributed by atoms with E-state index < -0.39 is 5.97 Å². The molecule has 1 aliphatic rings. The van der Waals surface area contributed by atoms with Gasteiger partial charge in [-0.3, -0.25) is 4.79 Å². The standard InChI is InChI=1S/C19H25NO2/c1-3-13-8-7-10-14-15-9-5-6-11-19(4-2,12-16(21)22)18(15)20-17(13)14/h7-8,10,20H,3-6,9,11-12H2,1-2H3,(H,21,22)/t19-/m0/s1. The molecule has 2 aromatic rings. The van der Waals surface area contributed by atoms with E-state index >= 15 is 0 Å². The van der Waals surface area contributed by atoms with Crippen LogP contribution < -0.4 is 0 Å². The molecule has 3 rings (SSSR count). The molecule has 1 heterocycles. The molecule has 0 aliphatic heterocycles. The van der Waals surface area contributed by atoms with Gasteiger partial charge in [-0.2, -0.15) is 0 Å². The Balaban J connectivity index is 2.25. The average Bonchev–Trinajstić information content (AvgIpc) is 2.80. The van der Waals surface area contributed by atoms with E-state index in [2.05, 4.69) is 37.0 Å². The number of aromatic amines is 1. The maximum Gasteiger partial charge on any atom is 0.304 e. The van der Waals surface area contributed by atoms with E-state index in [1.54, 1.807) is 0 Å². The zero-order valence-electron chi connectivity index (χ0n) is 13.5. The number of para-hydroxylation sites is 1. The van der Waals surface area contributed by atoms with Crippen molar-refractivity contribution in [2.75, 3.05) is 0 Å². The van der Waals surface area contributed by atoms with Crippen molar-refractivity contribution >= 4 is 16.9 Å². The third kappa shape index (κ3) is 2.33. The number of carboxylic acid groups (broad SMARTS) is 1. The molecular weight excluding hydrogens is 274 g/mol. The maximum atomic E-state index is 11.5. The van der Waals surface area contributed by atoms with Gasteiger partial charge in [0.2, 0.25) is 0 Å². The summed E-state index contributed by atoms with van der Waals surface area (Å²) in [6.07, 6.45) is 6.39. The summed E-state index contributed by atoms with van der Waals surface area (Å²) >= 11 is 0. The highest BCUT2D eigenvalue weighted by Crippen LogP contribution is 2.44. The van der Waals surface area contributed by atoms with Crippen LogP contribution in [-0.2, 0) is 23.1 Å². The first-order valence-electron chi connectivity index (χ1n) is 8.46. The Morgan fingerprint density at radius 1 is 1.32 bits per heavy atom. The van der Waals surface area contributed by atoms with Gasteiger partial charge in [-0.25, -0.2) is 0 Å². The molecule has 1 atom stereocenters. The van der Waals surface area contributed by atoms with E-state index in [0.717, 1.165) is 38.5 Å². The van der Waals surface area contributed by atoms with Crippen LogP contribution in [0, 0.1) is 0 Å². The SMILES string of the molecule is CCc1cccc2c3c([nH]c12)[C@](CC)(CC(=O)O)CCCC3. The summed E-state index contributed by atoms with van der Waals surface area (Å²) in [7, 11) is 0. The molecule has 22 heavy (non-hydrogen) atoms. The number of aliphatic carboxylic acids is 1. The third-order valence-corrected chi connectivity index (χ3v) is 5.44. The summed E-state index contributed by atoms with van der Waals surface area (Å²) in [5, 5.41) is 10.7. The van der Waals surface area contributed by atoms with Crippen molar-refractivity contribution in [3.63, 3.8) is 0 Å². The van der Waals surface area contributed by atoms with Crippen molar-refractivity contribution in [2.45, 2.75) is 64.2 Å². The molecule has 2 N–H and O–H groups in total. The molecule has 0 fully saturated rings. The molecule has 1 aliphatic carbocycles. The van der Waals surface area contributed by atoms with Gasteiger partial charge in [0.25, 0.3) is 0 Å². The number of rotatable bonds is 4. The minimum absolute atomic E-state index is 0.227. The average molecular weight is 299 g/mol. The highest BCUT2D eigenvalue weighted by molar-refractivity contribution is 5.88. The number of carbonyl (C=O) groups is 1. The quantitative estimate of drug-likeness (QED) is 0.812. The highest BCUT2D eigenvalue weighted by Gasteiger charge is 2.38. The number of hydrogen-bond donors (Lipinski definition) is 2. The van der Waals surface area contributed by atoms with E-state index in [-0.39, 0.29) is 11.8 Å². The minimum Gasteiger partial charge on any atom is -0.481 e. The van der Waals surface area contributed by atoms with E-state index in [1.165, 1.54) is 27.7 Å². The molecular formula is C19H25NO2. The van der Waals surface area contributed by atoms with Crippen molar-refractivity contribution in [2.24, 2.45) is 0 Å². The topological polar surface area (TPSA) is 53.1 Å². The second-order valence-electron chi connectivity index (χ2n) is 6.58. The van der Waals surface area contributed by atoms with Crippen LogP contribution in [0.1, 0.15) is 62.8 Å². The van der Waals surface area contributed by atoms with Crippen LogP contribution in [0.2, 0.25) is 0 Å². The van der Waals surface area contributed by atoms with Crippen molar-refractivity contribution in [3.05, 3.63) is 35.0 Å². The zero-order valence-corrected chi connectivity index (χ0v) is 13.5. The summed E-state index contributed by atoms with van der Waals surface area (Å²) in [6, 6.07) is 6.49. The highest BCUT2D eigenvalue weighted by atomic mass is 16.4. The zero-order chi connectivity index (χ0) is 15.7. The molecule has 0 spiro atoms. The van der Waals surface area contributed by atoms with Crippen LogP contribution in [-0.4, -0.2) is 16.1 Å². The lowest BCUT2D eigenvalue weighted by molar-refractivity contribution is -0.138. The van der Waals surface area contributed by atoms with E-state index in [9.17, 15) is 9.90 Å². The molecule has 0 bridgehead atoms. The first-order valence-corrected chi connectivity index (χ1v) is 8.46. The van der Waals surface area contributed by atoms with Crippen LogP contribution in [0.25, 0.3) is 10.9 Å². The van der Waals surface area contributed by atoms with Gasteiger partial charge >= 0.3 is 5.97 Å². The predicted molar refractivity (Wildman–Crippen MR) is 89.5 cm³/mol. The smallest absolute Gasteiger partial charge is 0.304 e. The van der Waals surface area contributed by atoms with Crippen LogP contribution in [0.3, 0.4) is 0 Å². The molecule has 1 aromatic carbocycles. The van der Waals surface area contributed by atoms with Gasteiger partial charge in [0, 0.05) is 22.0 Å². The van der Waals surface area contributed by atoms with Gasteiger partial charge in [0.15, 0.2) is 0 Å². The molecule has 3 heteroatoms. The number of hydrogen-bond acceptors (Lipinski definition) is 1. The fourth-order valence-corrected chi connectivity index (χ4v) is 4.18. The Kier molecular flexibility index (Phi) is 3.98. The number of aromatic nitrogens is 1. The summed E-state index contributed by atoms with van der Waals surface area (Å²) in [6.45, 7) is 4.30. The lowest BCUT2D eigenvalue weighted by Crippen LogP contribution is -2.29. The maximum absolute atomic E-state index is 11.5. The molecule has 1 aromatic heterocycles. The largest absolute Gasteiger partial charge is 0.481 e. The van der Waals surface area contributed by atoms with Gasteiger partial charge < -0.3 is 10.1 Å². The van der Waals surface area contributed by atoms with Crippen molar-refractivity contribution in [1.82, 2.24) is 4.98 Å². The van der Waals surface area contributed by atoms with Crippen molar-refractivity contribution in [1.29, 1.82) is 0 Å². The van der Waals surface area contributed by atoms with Gasteiger partial charge in [0.1, 0.15) is 0 Å². The first kappa shape index (κ1) is 15.1. The van der Waals surface area contributed by atoms with Gasteiger partial charge in [0.05, 0.1) is 6.42 Å². The van der Waals surface area contributed by atoms with Crippen LogP contribution in [0.15, 0.2) is 18.2 Å². The Morgan fingerprint density at radius 2 is 2.14 bits per heavy atom. The van der Waals surface area contributed by atoms with Gasteiger partial charge in [-0.15, -0.1) is 0 Å². The first-order chi connectivity index (χ1) is 10.6. The molecule has 3 nitrogen and oxygen atoms in total. The molecule has 0 radical (unpaired) electrons. The Bertz CT molecular complexity index is 701. The van der Waals surface area contributed by atoms with Gasteiger partial charge in [-0.05, 0) is 43.2 Å². The number of nitrogens with one attached hydrogen (secondary N) is 1. The monoisotopic (exact) mass is 299 g/mol. The summed E-state index contributed by atoms with van der Waals surface area (Å²) < 4.78 is 0. The van der Waals surface area contributed by atoms with Crippen molar-refractivity contribution in [3.8, 4) is 0 Å². The fourth-order valence-electron chi connectivity index (χ4n) is 4.18. The van der Waals surface area contributed by atoms with Crippen LogP contribution >= 0.6 is 0 Å². The Hall–Kier alpha value is -1.77. The number of benzene rings is 1. The third-order valence-electron chi connectivity index (χ3n) is 5.44. The normalized spacial score (nSPS) is 21.5. The minimum atomic E-state index is -0.691. The number of fused-ring (bicyclic) bond motifs is 3. The molecule has 0 saturated carbocycles. The second kappa shape index (κ2) is 5.79. The lowest BCUT2D eigenvalue weighted by Gasteiger charge is -2.30. The summed E-state index contributed by atoms with van der Waals surface area (Å²) in [5.41, 5.74) is 4.88. The molecule has 0 amide bonds. The summed E-state index contributed by atoms with van der Waals surface area (Å²) in [4.78, 5) is 15.1. The number of aryl methyl sites for hydroxylation is 2. The van der Waals surface area contributed by atoms with E-state index in [1.807, 2.05) is 0 Å².